The quantitative estimate of drug-likeness (QED) is 0.324. The van der Waals surface area contributed by atoms with Gasteiger partial charge in [-0.25, -0.2) is 4.98 Å². The van der Waals surface area contributed by atoms with E-state index >= 15 is 0 Å². The fourth-order valence-corrected chi connectivity index (χ4v) is 5.76. The van der Waals surface area contributed by atoms with Crippen LogP contribution < -0.4 is 10.5 Å². The van der Waals surface area contributed by atoms with Crippen LogP contribution in [0.2, 0.25) is 0 Å². The van der Waals surface area contributed by atoms with Gasteiger partial charge in [0.1, 0.15) is 0 Å². The van der Waals surface area contributed by atoms with Crippen molar-refractivity contribution in [2.75, 3.05) is 4.90 Å². The molecule has 0 aliphatic heterocycles. The minimum Gasteiger partial charge on any atom is -0.279 e. The number of amides is 1. The van der Waals surface area contributed by atoms with Crippen LogP contribution in [-0.4, -0.2) is 30.1 Å². The van der Waals surface area contributed by atoms with Gasteiger partial charge in [-0.3, -0.25) is 23.5 Å². The van der Waals surface area contributed by atoms with Crippen molar-refractivity contribution in [3.63, 3.8) is 0 Å². The number of rotatable bonds is 6. The SMILES string of the molecule is CCc1ccccc1N(C(C)=O)c1nc(CSc2nnc3n(C)c(=O)c4ccccc4n23)cs1. The Balaban J connectivity index is 1.46. The van der Waals surface area contributed by atoms with Crippen LogP contribution >= 0.6 is 23.1 Å². The topological polar surface area (TPSA) is 85.4 Å². The number of para-hydroxylation sites is 2. The van der Waals surface area contributed by atoms with Crippen LogP contribution in [-0.2, 0) is 24.0 Å². The fraction of sp³-hybridized carbons (Fsp3) is 0.208. The molecule has 0 N–H and O–H groups in total. The van der Waals surface area contributed by atoms with Crippen LogP contribution in [0.25, 0.3) is 16.7 Å². The molecule has 3 heterocycles. The van der Waals surface area contributed by atoms with Crippen LogP contribution in [0, 0.1) is 0 Å². The number of carbonyl (C=O) groups excluding carboxylic acids is 1. The summed E-state index contributed by atoms with van der Waals surface area (Å²) >= 11 is 2.93. The minimum absolute atomic E-state index is 0.0784. The van der Waals surface area contributed by atoms with Gasteiger partial charge in [-0.1, -0.05) is 49.0 Å². The summed E-state index contributed by atoms with van der Waals surface area (Å²) in [4.78, 5) is 31.6. The van der Waals surface area contributed by atoms with Gasteiger partial charge < -0.3 is 0 Å². The number of aromatic nitrogens is 5. The highest BCUT2D eigenvalue weighted by Crippen LogP contribution is 2.33. The maximum Gasteiger partial charge on any atom is 0.262 e. The number of hydrogen-bond acceptors (Lipinski definition) is 7. The van der Waals surface area contributed by atoms with Gasteiger partial charge in [-0.2, -0.15) is 0 Å². The Labute approximate surface area is 203 Å². The molecule has 34 heavy (non-hydrogen) atoms. The predicted octanol–water partition coefficient (Wildman–Crippen LogP) is 4.58. The third-order valence-corrected chi connectivity index (χ3v) is 7.44. The summed E-state index contributed by atoms with van der Waals surface area (Å²) in [6, 6.07) is 15.3. The number of nitrogens with zero attached hydrogens (tertiary/aromatic N) is 6. The lowest BCUT2D eigenvalue weighted by Gasteiger charge is -2.20. The van der Waals surface area contributed by atoms with Crippen molar-refractivity contribution in [3.8, 4) is 0 Å². The van der Waals surface area contributed by atoms with Gasteiger partial charge in [0.25, 0.3) is 5.56 Å². The van der Waals surface area contributed by atoms with E-state index in [0.29, 0.717) is 27.2 Å². The summed E-state index contributed by atoms with van der Waals surface area (Å²) in [6.45, 7) is 3.63. The van der Waals surface area contributed by atoms with Crippen LogP contribution in [0.3, 0.4) is 0 Å². The Kier molecular flexibility index (Phi) is 5.93. The molecule has 0 bridgehead atoms. The molecular formula is C24H22N6O2S2. The molecule has 0 spiro atoms. The molecule has 1 amide bonds. The number of hydrogen-bond donors (Lipinski definition) is 0. The van der Waals surface area contributed by atoms with E-state index in [9.17, 15) is 9.59 Å². The first-order valence-corrected chi connectivity index (χ1v) is 12.6. The summed E-state index contributed by atoms with van der Waals surface area (Å²) in [7, 11) is 1.70. The van der Waals surface area contributed by atoms with E-state index in [1.54, 1.807) is 18.9 Å². The molecule has 8 nitrogen and oxygen atoms in total. The first kappa shape index (κ1) is 22.3. The number of thioether (sulfide) groups is 1. The van der Waals surface area contributed by atoms with E-state index in [-0.39, 0.29) is 11.5 Å². The van der Waals surface area contributed by atoms with Crippen molar-refractivity contribution in [1.82, 2.24) is 24.1 Å². The molecule has 0 unspecified atom stereocenters. The highest BCUT2D eigenvalue weighted by Gasteiger charge is 2.21. The van der Waals surface area contributed by atoms with E-state index in [4.69, 9.17) is 4.98 Å². The highest BCUT2D eigenvalue weighted by atomic mass is 32.2. The Morgan fingerprint density at radius 1 is 1.12 bits per heavy atom. The number of thiazole rings is 1. The highest BCUT2D eigenvalue weighted by molar-refractivity contribution is 7.98. The smallest absolute Gasteiger partial charge is 0.262 e. The average molecular weight is 491 g/mol. The van der Waals surface area contributed by atoms with Crippen molar-refractivity contribution in [1.29, 1.82) is 0 Å². The van der Waals surface area contributed by atoms with Gasteiger partial charge in [-0.05, 0) is 30.2 Å². The van der Waals surface area contributed by atoms with Gasteiger partial charge in [0, 0.05) is 25.1 Å². The van der Waals surface area contributed by atoms with Gasteiger partial charge in [0.2, 0.25) is 11.7 Å². The van der Waals surface area contributed by atoms with Crippen LogP contribution in [0.4, 0.5) is 10.8 Å². The van der Waals surface area contributed by atoms with Gasteiger partial charge >= 0.3 is 0 Å². The first-order valence-electron chi connectivity index (χ1n) is 10.8. The van der Waals surface area contributed by atoms with E-state index in [2.05, 4.69) is 17.1 Å². The average Bonchev–Trinajstić information content (AvgIpc) is 3.49. The monoisotopic (exact) mass is 490 g/mol. The van der Waals surface area contributed by atoms with Gasteiger partial charge in [0.05, 0.1) is 22.3 Å². The lowest BCUT2D eigenvalue weighted by atomic mass is 10.1. The Morgan fingerprint density at radius 2 is 1.88 bits per heavy atom. The number of benzene rings is 2. The van der Waals surface area contributed by atoms with Crippen LogP contribution in [0.1, 0.15) is 25.1 Å². The summed E-state index contributed by atoms with van der Waals surface area (Å²) in [5.41, 5.74) is 3.47. The number of fused-ring (bicyclic) bond motifs is 3. The Hall–Kier alpha value is -3.50. The van der Waals surface area contributed by atoms with E-state index in [1.165, 1.54) is 27.7 Å². The van der Waals surface area contributed by atoms with Crippen molar-refractivity contribution in [2.24, 2.45) is 7.05 Å². The number of anilines is 2. The summed E-state index contributed by atoms with van der Waals surface area (Å²) in [6.07, 6.45) is 0.824. The standard InChI is InChI=1S/C24H22N6O2S2/c1-4-16-9-5-7-11-19(16)29(15(2)31)23-25-17(13-33-23)14-34-24-27-26-22-28(3)21(32)18-10-6-8-12-20(18)30(22)24/h5-13H,4,14H2,1-3H3. The molecule has 5 rings (SSSR count). The molecule has 0 radical (unpaired) electrons. The zero-order valence-electron chi connectivity index (χ0n) is 18.9. The van der Waals surface area contributed by atoms with E-state index in [0.717, 1.165) is 28.9 Å². The zero-order valence-corrected chi connectivity index (χ0v) is 20.6. The van der Waals surface area contributed by atoms with Crippen molar-refractivity contribution < 1.29 is 4.79 Å². The van der Waals surface area contributed by atoms with Crippen molar-refractivity contribution in [3.05, 3.63) is 75.5 Å². The van der Waals surface area contributed by atoms with E-state index < -0.39 is 0 Å². The zero-order chi connectivity index (χ0) is 23.8. The fourth-order valence-electron chi connectivity index (χ4n) is 3.94. The molecule has 0 fully saturated rings. The van der Waals surface area contributed by atoms with E-state index in [1.807, 2.05) is 58.3 Å². The Morgan fingerprint density at radius 3 is 2.68 bits per heavy atom. The summed E-state index contributed by atoms with van der Waals surface area (Å²) in [5.74, 6) is 0.963. The van der Waals surface area contributed by atoms with Crippen LogP contribution in [0.15, 0.2) is 63.9 Å². The molecule has 3 aromatic heterocycles. The second-order valence-corrected chi connectivity index (χ2v) is 9.53. The molecule has 2 aromatic carbocycles. The molecule has 0 saturated carbocycles. The number of aryl methyl sites for hydroxylation is 2. The Bertz CT molecular complexity index is 1590. The normalized spacial score (nSPS) is 11.4. The maximum atomic E-state index is 12.6. The molecular weight excluding hydrogens is 468 g/mol. The summed E-state index contributed by atoms with van der Waals surface area (Å²) in [5, 5.41) is 12.5. The van der Waals surface area contributed by atoms with Crippen LogP contribution in [0.5, 0.6) is 0 Å². The third kappa shape index (κ3) is 3.78. The maximum absolute atomic E-state index is 12.6. The molecule has 10 heteroatoms. The molecule has 0 atom stereocenters. The molecule has 172 valence electrons. The molecule has 0 aliphatic carbocycles. The third-order valence-electron chi connectivity index (χ3n) is 5.60. The second kappa shape index (κ2) is 9.03. The van der Waals surface area contributed by atoms with Gasteiger partial charge in [0.15, 0.2) is 10.3 Å². The largest absolute Gasteiger partial charge is 0.279 e. The minimum atomic E-state index is -0.104. The predicted molar refractivity (Wildman–Crippen MR) is 136 cm³/mol. The summed E-state index contributed by atoms with van der Waals surface area (Å²) < 4.78 is 3.41. The van der Waals surface area contributed by atoms with Crippen molar-refractivity contribution in [2.45, 2.75) is 31.2 Å². The lowest BCUT2D eigenvalue weighted by molar-refractivity contribution is -0.115. The molecule has 0 saturated heterocycles. The number of carbonyl (C=O) groups is 1. The molecule has 5 aromatic rings. The molecule has 0 aliphatic rings. The van der Waals surface area contributed by atoms with Crippen molar-refractivity contribution >= 4 is 56.5 Å². The lowest BCUT2D eigenvalue weighted by Crippen LogP contribution is -2.23. The second-order valence-electron chi connectivity index (χ2n) is 7.75. The van der Waals surface area contributed by atoms with Gasteiger partial charge in [-0.15, -0.1) is 21.5 Å². The first-order chi connectivity index (χ1) is 16.5.